The summed E-state index contributed by atoms with van der Waals surface area (Å²) in [5.74, 6) is 0.257. The third-order valence-corrected chi connectivity index (χ3v) is 8.09. The van der Waals surface area contributed by atoms with E-state index in [0.29, 0.717) is 44.1 Å². The first-order chi connectivity index (χ1) is 16.3. The molecule has 2 fully saturated rings. The van der Waals surface area contributed by atoms with Gasteiger partial charge in [-0.15, -0.1) is 0 Å². The SMILES string of the molecule is Nc1nc2cc(N3C[C@@]4(CC3=O)C[C@@H](n3ccc5c(Cl)ncnc53)[C@H](O)[C@@H]4O)ccc2cc1Br. The van der Waals surface area contributed by atoms with E-state index < -0.39 is 23.7 Å². The zero-order valence-corrected chi connectivity index (χ0v) is 20.1. The number of nitrogens with zero attached hydrogens (tertiary/aromatic N) is 5. The number of aliphatic hydroxyl groups excluding tert-OH is 2. The largest absolute Gasteiger partial charge is 0.390 e. The normalized spacial score (nSPS) is 27.0. The minimum absolute atomic E-state index is 0.112. The van der Waals surface area contributed by atoms with Crippen molar-refractivity contribution in [2.24, 2.45) is 5.41 Å². The van der Waals surface area contributed by atoms with Crippen molar-refractivity contribution < 1.29 is 15.0 Å². The second-order valence-corrected chi connectivity index (χ2v) is 10.3. The number of carbonyl (C=O) groups is 1. The molecular formula is C23H20BrClN6O3. The summed E-state index contributed by atoms with van der Waals surface area (Å²) in [7, 11) is 0. The molecule has 4 heterocycles. The number of hydrogen-bond acceptors (Lipinski definition) is 7. The van der Waals surface area contributed by atoms with Crippen LogP contribution in [0.2, 0.25) is 5.15 Å². The summed E-state index contributed by atoms with van der Waals surface area (Å²) in [5.41, 5.74) is 7.08. The zero-order valence-electron chi connectivity index (χ0n) is 17.8. The van der Waals surface area contributed by atoms with Crippen molar-refractivity contribution in [3.05, 3.63) is 52.5 Å². The Balaban J connectivity index is 1.34. The summed E-state index contributed by atoms with van der Waals surface area (Å²) >= 11 is 9.57. The van der Waals surface area contributed by atoms with Gasteiger partial charge in [0.05, 0.1) is 27.5 Å². The van der Waals surface area contributed by atoms with Crippen molar-refractivity contribution in [1.29, 1.82) is 0 Å². The Morgan fingerprint density at radius 2 is 2.03 bits per heavy atom. The Labute approximate surface area is 207 Å². The molecule has 1 spiro atoms. The highest BCUT2D eigenvalue weighted by Crippen LogP contribution is 2.52. The van der Waals surface area contributed by atoms with Gasteiger partial charge in [0.25, 0.3) is 0 Å². The number of benzene rings is 1. The van der Waals surface area contributed by atoms with Gasteiger partial charge in [0.2, 0.25) is 5.91 Å². The Morgan fingerprint density at radius 1 is 1.21 bits per heavy atom. The lowest BCUT2D eigenvalue weighted by molar-refractivity contribution is -0.118. The molecule has 11 heteroatoms. The van der Waals surface area contributed by atoms with Crippen LogP contribution >= 0.6 is 27.5 Å². The van der Waals surface area contributed by atoms with E-state index >= 15 is 0 Å². The number of nitrogens with two attached hydrogens (primary N) is 1. The van der Waals surface area contributed by atoms with E-state index in [4.69, 9.17) is 17.3 Å². The lowest BCUT2D eigenvalue weighted by Gasteiger charge is -2.27. The van der Waals surface area contributed by atoms with Gasteiger partial charge in [-0.25, -0.2) is 15.0 Å². The standard InChI is InChI=1S/C23H20BrClN6O3/c24-14-5-11-1-2-12(6-15(11)29-21(14)26)31-9-23(8-17(31)32)7-16(18(33)19(23)34)30-4-3-13-20(25)27-10-28-22(13)30/h1-6,10,16,18-19,33-34H,7-9H2,(H2,26,29)/t16-,18+,19+,23+/m1/s1. The fourth-order valence-electron chi connectivity index (χ4n) is 5.44. The molecule has 1 amide bonds. The summed E-state index contributed by atoms with van der Waals surface area (Å²) in [6, 6.07) is 8.79. The Hall–Kier alpha value is -2.79. The van der Waals surface area contributed by atoms with E-state index in [1.807, 2.05) is 28.8 Å². The number of nitrogen functional groups attached to an aromatic ring is 1. The monoisotopic (exact) mass is 542 g/mol. The van der Waals surface area contributed by atoms with Crippen LogP contribution < -0.4 is 10.6 Å². The predicted octanol–water partition coefficient (Wildman–Crippen LogP) is 3.07. The topological polar surface area (TPSA) is 130 Å². The van der Waals surface area contributed by atoms with Gasteiger partial charge in [0.15, 0.2) is 0 Å². The van der Waals surface area contributed by atoms with Crippen LogP contribution in [-0.4, -0.2) is 54.4 Å². The van der Waals surface area contributed by atoms with Gasteiger partial charge >= 0.3 is 0 Å². The van der Waals surface area contributed by atoms with Crippen LogP contribution in [0.25, 0.3) is 21.9 Å². The van der Waals surface area contributed by atoms with Crippen LogP contribution in [0, 0.1) is 5.41 Å². The minimum atomic E-state index is -1.08. The lowest BCUT2D eigenvalue weighted by atomic mass is 9.82. The number of aliphatic hydroxyl groups is 2. The molecule has 2 aliphatic rings. The zero-order chi connectivity index (χ0) is 23.8. The van der Waals surface area contributed by atoms with E-state index in [9.17, 15) is 15.0 Å². The van der Waals surface area contributed by atoms with Gasteiger partial charge in [-0.3, -0.25) is 4.79 Å². The fourth-order valence-corrected chi connectivity index (χ4v) is 5.97. The maximum atomic E-state index is 13.1. The van der Waals surface area contributed by atoms with Crippen LogP contribution in [0.4, 0.5) is 11.5 Å². The van der Waals surface area contributed by atoms with E-state index in [-0.39, 0.29) is 18.9 Å². The molecule has 0 radical (unpaired) electrons. The number of rotatable bonds is 2. The minimum Gasteiger partial charge on any atom is -0.390 e. The quantitative estimate of drug-likeness (QED) is 0.331. The summed E-state index contributed by atoms with van der Waals surface area (Å²) in [6.07, 6.45) is 1.56. The van der Waals surface area contributed by atoms with E-state index in [0.717, 1.165) is 5.39 Å². The number of carbonyl (C=O) groups excluding carboxylic acids is 1. The number of aromatic nitrogens is 4. The molecule has 1 saturated carbocycles. The molecule has 4 atom stereocenters. The molecule has 34 heavy (non-hydrogen) atoms. The Morgan fingerprint density at radius 3 is 2.85 bits per heavy atom. The molecule has 3 aromatic heterocycles. The maximum absolute atomic E-state index is 13.1. The molecule has 174 valence electrons. The molecule has 1 aliphatic carbocycles. The third-order valence-electron chi connectivity index (χ3n) is 7.15. The highest BCUT2D eigenvalue weighted by Gasteiger charge is 2.58. The van der Waals surface area contributed by atoms with Crippen LogP contribution in [0.3, 0.4) is 0 Å². The third kappa shape index (κ3) is 3.13. The smallest absolute Gasteiger partial charge is 0.227 e. The molecule has 4 aromatic rings. The van der Waals surface area contributed by atoms with Crippen molar-refractivity contribution >= 4 is 66.9 Å². The van der Waals surface area contributed by atoms with Crippen molar-refractivity contribution in [3.8, 4) is 0 Å². The molecule has 1 aliphatic heterocycles. The van der Waals surface area contributed by atoms with Crippen molar-refractivity contribution in [1.82, 2.24) is 19.5 Å². The summed E-state index contributed by atoms with van der Waals surface area (Å²) in [5, 5.41) is 24.0. The first-order valence-electron chi connectivity index (χ1n) is 10.8. The van der Waals surface area contributed by atoms with Crippen molar-refractivity contribution in [2.75, 3.05) is 17.2 Å². The molecule has 1 aromatic carbocycles. The van der Waals surface area contributed by atoms with E-state index in [2.05, 4.69) is 30.9 Å². The van der Waals surface area contributed by atoms with Gasteiger partial charge in [-0.2, -0.15) is 0 Å². The number of pyridine rings is 1. The van der Waals surface area contributed by atoms with Crippen molar-refractivity contribution in [2.45, 2.75) is 31.1 Å². The van der Waals surface area contributed by atoms with Gasteiger partial charge in [0.1, 0.15) is 29.0 Å². The highest BCUT2D eigenvalue weighted by atomic mass is 79.9. The van der Waals surface area contributed by atoms with Gasteiger partial charge < -0.3 is 25.4 Å². The maximum Gasteiger partial charge on any atom is 0.227 e. The first kappa shape index (κ1) is 21.7. The van der Waals surface area contributed by atoms with E-state index in [1.54, 1.807) is 17.2 Å². The van der Waals surface area contributed by atoms with Gasteiger partial charge in [-0.1, -0.05) is 17.7 Å². The van der Waals surface area contributed by atoms with Crippen LogP contribution in [-0.2, 0) is 4.79 Å². The number of amides is 1. The molecule has 1 saturated heterocycles. The second kappa shape index (κ2) is 7.61. The summed E-state index contributed by atoms with van der Waals surface area (Å²) in [6.45, 7) is 0.285. The molecule has 4 N–H and O–H groups in total. The van der Waals surface area contributed by atoms with Gasteiger partial charge in [-0.05, 0) is 46.6 Å². The number of fused-ring (bicyclic) bond motifs is 2. The highest BCUT2D eigenvalue weighted by molar-refractivity contribution is 9.10. The lowest BCUT2D eigenvalue weighted by Crippen LogP contribution is -2.38. The van der Waals surface area contributed by atoms with Crippen LogP contribution in [0.15, 0.2) is 47.3 Å². The molecule has 0 unspecified atom stereocenters. The first-order valence-corrected chi connectivity index (χ1v) is 11.9. The Kier molecular flexibility index (Phi) is 4.86. The predicted molar refractivity (Wildman–Crippen MR) is 131 cm³/mol. The average Bonchev–Trinajstić information content (AvgIpc) is 3.45. The van der Waals surface area contributed by atoms with Crippen molar-refractivity contribution in [3.63, 3.8) is 0 Å². The summed E-state index contributed by atoms with van der Waals surface area (Å²) < 4.78 is 2.53. The second-order valence-electron chi connectivity index (χ2n) is 9.08. The average molecular weight is 544 g/mol. The molecule has 0 bridgehead atoms. The van der Waals surface area contributed by atoms with Crippen LogP contribution in [0.5, 0.6) is 0 Å². The number of halogens is 2. The van der Waals surface area contributed by atoms with Crippen LogP contribution in [0.1, 0.15) is 18.9 Å². The fraction of sp³-hybridized carbons (Fsp3) is 0.304. The Bertz CT molecular complexity index is 1480. The number of anilines is 2. The molecular weight excluding hydrogens is 524 g/mol. The summed E-state index contributed by atoms with van der Waals surface area (Å²) in [4.78, 5) is 27.5. The van der Waals surface area contributed by atoms with E-state index in [1.165, 1.54) is 6.33 Å². The number of hydrogen-bond donors (Lipinski definition) is 3. The van der Waals surface area contributed by atoms with Gasteiger partial charge in [0, 0.05) is 35.7 Å². The molecule has 9 nitrogen and oxygen atoms in total. The molecule has 6 rings (SSSR count).